The monoisotopic (exact) mass is 278 g/mol. The van der Waals surface area contributed by atoms with Gasteiger partial charge in [-0.3, -0.25) is 0 Å². The van der Waals surface area contributed by atoms with Crippen LogP contribution in [0.15, 0.2) is 30.3 Å². The predicted molar refractivity (Wildman–Crippen MR) is 81.8 cm³/mol. The first-order valence-corrected chi connectivity index (χ1v) is 7.32. The molecule has 0 saturated heterocycles. The lowest BCUT2D eigenvalue weighted by Crippen LogP contribution is -2.45. The van der Waals surface area contributed by atoms with Gasteiger partial charge < -0.3 is 15.7 Å². The summed E-state index contributed by atoms with van der Waals surface area (Å²) >= 11 is 0. The van der Waals surface area contributed by atoms with Gasteiger partial charge in [-0.25, -0.2) is 4.79 Å². The fourth-order valence-corrected chi connectivity index (χ4v) is 2.07. The Kier molecular flexibility index (Phi) is 7.09. The minimum Gasteiger partial charge on any atom is -0.391 e. The van der Waals surface area contributed by atoms with Crippen LogP contribution in [0.25, 0.3) is 0 Å². The Labute approximate surface area is 121 Å². The Balaban J connectivity index is 2.38. The van der Waals surface area contributed by atoms with Crippen molar-refractivity contribution in [3.05, 3.63) is 35.9 Å². The number of aliphatic hydroxyl groups excluding tert-OH is 1. The number of carbonyl (C=O) groups is 1. The lowest BCUT2D eigenvalue weighted by molar-refractivity contribution is 0.160. The summed E-state index contributed by atoms with van der Waals surface area (Å²) in [6.07, 6.45) is 1.15. The molecule has 0 radical (unpaired) electrons. The quantitative estimate of drug-likeness (QED) is 0.718. The molecular weight excluding hydrogens is 252 g/mol. The molecule has 20 heavy (non-hydrogen) atoms. The van der Waals surface area contributed by atoms with E-state index < -0.39 is 6.10 Å². The van der Waals surface area contributed by atoms with E-state index in [1.807, 2.05) is 32.0 Å². The van der Waals surface area contributed by atoms with E-state index in [0.29, 0.717) is 13.0 Å². The summed E-state index contributed by atoms with van der Waals surface area (Å²) in [6.45, 7) is 6.38. The molecule has 0 heterocycles. The molecule has 3 atom stereocenters. The maximum Gasteiger partial charge on any atom is 0.315 e. The van der Waals surface area contributed by atoms with Gasteiger partial charge >= 0.3 is 6.03 Å². The number of nitrogens with one attached hydrogen (secondary N) is 2. The Morgan fingerprint density at radius 2 is 1.90 bits per heavy atom. The summed E-state index contributed by atoms with van der Waals surface area (Å²) in [4.78, 5) is 11.8. The third-order valence-electron chi connectivity index (χ3n) is 3.55. The average Bonchev–Trinajstić information content (AvgIpc) is 2.45. The molecule has 0 spiro atoms. The van der Waals surface area contributed by atoms with Gasteiger partial charge in [-0.1, -0.05) is 50.6 Å². The number of amides is 2. The summed E-state index contributed by atoms with van der Waals surface area (Å²) in [5.41, 5.74) is 1.20. The number of aliphatic hydroxyl groups is 1. The van der Waals surface area contributed by atoms with Gasteiger partial charge in [-0.15, -0.1) is 0 Å². The SMILES string of the molecule is CCCC(O)CNC(=O)NC(C)C(C)c1ccccc1. The molecule has 0 aliphatic carbocycles. The van der Waals surface area contributed by atoms with Crippen molar-refractivity contribution in [2.75, 3.05) is 6.54 Å². The maximum absolute atomic E-state index is 11.8. The van der Waals surface area contributed by atoms with Crippen LogP contribution < -0.4 is 10.6 Å². The second kappa shape index (κ2) is 8.59. The van der Waals surface area contributed by atoms with E-state index in [-0.39, 0.29) is 18.0 Å². The van der Waals surface area contributed by atoms with Crippen LogP contribution in [0, 0.1) is 0 Å². The van der Waals surface area contributed by atoms with E-state index in [2.05, 4.69) is 29.7 Å². The van der Waals surface area contributed by atoms with Gasteiger partial charge in [-0.05, 0) is 18.9 Å². The van der Waals surface area contributed by atoms with Crippen molar-refractivity contribution in [3.63, 3.8) is 0 Å². The van der Waals surface area contributed by atoms with Crippen molar-refractivity contribution in [1.82, 2.24) is 10.6 Å². The fourth-order valence-electron chi connectivity index (χ4n) is 2.07. The van der Waals surface area contributed by atoms with E-state index in [9.17, 15) is 9.90 Å². The van der Waals surface area contributed by atoms with E-state index in [1.54, 1.807) is 0 Å². The number of benzene rings is 1. The van der Waals surface area contributed by atoms with Crippen molar-refractivity contribution in [3.8, 4) is 0 Å². The lowest BCUT2D eigenvalue weighted by atomic mass is 9.95. The Morgan fingerprint density at radius 1 is 1.25 bits per heavy atom. The largest absolute Gasteiger partial charge is 0.391 e. The third kappa shape index (κ3) is 5.61. The molecule has 0 saturated carbocycles. The van der Waals surface area contributed by atoms with Gasteiger partial charge in [0, 0.05) is 18.5 Å². The molecule has 0 aliphatic rings. The molecule has 0 bridgehead atoms. The standard InChI is InChI=1S/C16H26N2O2/c1-4-8-15(19)11-17-16(20)18-13(3)12(2)14-9-6-5-7-10-14/h5-7,9-10,12-13,15,19H,4,8,11H2,1-3H3,(H2,17,18,20). The van der Waals surface area contributed by atoms with Crippen molar-refractivity contribution in [2.24, 2.45) is 0 Å². The molecule has 4 nitrogen and oxygen atoms in total. The Morgan fingerprint density at radius 3 is 2.50 bits per heavy atom. The molecular formula is C16H26N2O2. The molecule has 112 valence electrons. The molecule has 3 N–H and O–H groups in total. The van der Waals surface area contributed by atoms with Crippen molar-refractivity contribution in [2.45, 2.75) is 51.7 Å². The van der Waals surface area contributed by atoms with E-state index >= 15 is 0 Å². The van der Waals surface area contributed by atoms with E-state index in [0.717, 1.165) is 6.42 Å². The minimum absolute atomic E-state index is 0.0284. The van der Waals surface area contributed by atoms with Crippen LogP contribution in [0.3, 0.4) is 0 Å². The van der Waals surface area contributed by atoms with Gasteiger partial charge in [0.1, 0.15) is 0 Å². The minimum atomic E-state index is -0.465. The van der Waals surface area contributed by atoms with E-state index in [1.165, 1.54) is 5.56 Å². The Bertz CT molecular complexity index is 395. The van der Waals surface area contributed by atoms with Crippen LogP contribution in [0.2, 0.25) is 0 Å². The zero-order chi connectivity index (χ0) is 15.0. The van der Waals surface area contributed by atoms with Crippen LogP contribution in [-0.2, 0) is 0 Å². The van der Waals surface area contributed by atoms with Crippen LogP contribution >= 0.6 is 0 Å². The summed E-state index contributed by atoms with van der Waals surface area (Å²) in [7, 11) is 0. The smallest absolute Gasteiger partial charge is 0.315 e. The molecule has 0 aliphatic heterocycles. The van der Waals surface area contributed by atoms with Gasteiger partial charge in [-0.2, -0.15) is 0 Å². The van der Waals surface area contributed by atoms with Crippen LogP contribution in [0.1, 0.15) is 45.1 Å². The molecule has 1 aromatic carbocycles. The topological polar surface area (TPSA) is 61.4 Å². The number of rotatable bonds is 7. The maximum atomic E-state index is 11.8. The molecule has 3 unspecified atom stereocenters. The van der Waals surface area contributed by atoms with Gasteiger partial charge in [0.2, 0.25) is 0 Å². The summed E-state index contributed by atoms with van der Waals surface area (Å²) in [5, 5.41) is 15.2. The van der Waals surface area contributed by atoms with Gasteiger partial charge in [0.15, 0.2) is 0 Å². The van der Waals surface area contributed by atoms with Crippen molar-refractivity contribution < 1.29 is 9.90 Å². The fraction of sp³-hybridized carbons (Fsp3) is 0.562. The molecule has 4 heteroatoms. The molecule has 0 aromatic heterocycles. The highest BCUT2D eigenvalue weighted by atomic mass is 16.3. The van der Waals surface area contributed by atoms with Crippen molar-refractivity contribution in [1.29, 1.82) is 0 Å². The zero-order valence-corrected chi connectivity index (χ0v) is 12.6. The second-order valence-corrected chi connectivity index (χ2v) is 5.28. The Hall–Kier alpha value is -1.55. The highest BCUT2D eigenvalue weighted by Crippen LogP contribution is 2.18. The summed E-state index contributed by atoms with van der Waals surface area (Å²) in [5.74, 6) is 0.238. The molecule has 1 aromatic rings. The average molecular weight is 278 g/mol. The van der Waals surface area contributed by atoms with Crippen LogP contribution in [0.4, 0.5) is 4.79 Å². The van der Waals surface area contributed by atoms with Gasteiger partial charge in [0.25, 0.3) is 0 Å². The molecule has 0 fully saturated rings. The zero-order valence-electron chi connectivity index (χ0n) is 12.6. The number of hydrogen-bond acceptors (Lipinski definition) is 2. The van der Waals surface area contributed by atoms with Crippen LogP contribution in [-0.4, -0.2) is 29.8 Å². The first-order valence-electron chi connectivity index (χ1n) is 7.32. The highest BCUT2D eigenvalue weighted by Gasteiger charge is 2.16. The summed E-state index contributed by atoms with van der Waals surface area (Å²) in [6, 6.07) is 9.91. The number of hydrogen-bond donors (Lipinski definition) is 3. The first kappa shape index (κ1) is 16.5. The molecule has 1 rings (SSSR count). The predicted octanol–water partition coefficient (Wildman–Crippen LogP) is 2.64. The first-order chi connectivity index (χ1) is 9.54. The number of carbonyl (C=O) groups excluding carboxylic acids is 1. The van der Waals surface area contributed by atoms with E-state index in [4.69, 9.17) is 0 Å². The molecule has 2 amide bonds. The lowest BCUT2D eigenvalue weighted by Gasteiger charge is -2.22. The highest BCUT2D eigenvalue weighted by molar-refractivity contribution is 5.74. The van der Waals surface area contributed by atoms with Crippen molar-refractivity contribution >= 4 is 6.03 Å². The number of urea groups is 1. The normalized spacial score (nSPS) is 15.2. The van der Waals surface area contributed by atoms with Crippen LogP contribution in [0.5, 0.6) is 0 Å². The summed E-state index contributed by atoms with van der Waals surface area (Å²) < 4.78 is 0. The second-order valence-electron chi connectivity index (χ2n) is 5.28. The third-order valence-corrected chi connectivity index (χ3v) is 3.55. The van der Waals surface area contributed by atoms with Gasteiger partial charge in [0.05, 0.1) is 6.10 Å².